The number of rotatable bonds is 4. The Morgan fingerprint density at radius 3 is 2.44 bits per heavy atom. The van der Waals surface area contributed by atoms with Crippen LogP contribution in [0.2, 0.25) is 10.0 Å². The summed E-state index contributed by atoms with van der Waals surface area (Å²) in [5.41, 5.74) is 1.55. The lowest BCUT2D eigenvalue weighted by atomic mass is 10.0. The number of sulfonamides is 1. The maximum Gasteiger partial charge on any atom is 0.251 e. The molecule has 0 radical (unpaired) electrons. The SMILES string of the molecule is Cc1ccccc1C(=O)NC1CCN(S(=O)(=O)c2cc(Cl)ccc2Cl)CC1. The predicted octanol–water partition coefficient (Wildman–Crippen LogP) is 3.88. The molecule has 0 bridgehead atoms. The van der Waals surface area contributed by atoms with Crippen LogP contribution in [0.15, 0.2) is 47.4 Å². The van der Waals surface area contributed by atoms with Crippen LogP contribution in [0.1, 0.15) is 28.8 Å². The van der Waals surface area contributed by atoms with E-state index in [0.29, 0.717) is 36.5 Å². The van der Waals surface area contributed by atoms with Crippen molar-refractivity contribution in [1.82, 2.24) is 9.62 Å². The number of halogens is 2. The first-order chi connectivity index (χ1) is 12.8. The van der Waals surface area contributed by atoms with E-state index in [9.17, 15) is 13.2 Å². The summed E-state index contributed by atoms with van der Waals surface area (Å²) < 4.78 is 27.1. The first kappa shape index (κ1) is 20.1. The van der Waals surface area contributed by atoms with Crippen molar-refractivity contribution in [3.8, 4) is 0 Å². The zero-order valence-electron chi connectivity index (χ0n) is 14.8. The van der Waals surface area contributed by atoms with Crippen LogP contribution < -0.4 is 5.32 Å². The molecular formula is C19H20Cl2N2O3S. The second-order valence-electron chi connectivity index (χ2n) is 6.54. The van der Waals surface area contributed by atoms with E-state index >= 15 is 0 Å². The fraction of sp³-hybridized carbons (Fsp3) is 0.316. The number of benzene rings is 2. The summed E-state index contributed by atoms with van der Waals surface area (Å²) in [6.07, 6.45) is 1.07. The van der Waals surface area contributed by atoms with Gasteiger partial charge < -0.3 is 5.32 Å². The average Bonchev–Trinajstić information content (AvgIpc) is 2.64. The van der Waals surface area contributed by atoms with Gasteiger partial charge in [-0.25, -0.2) is 8.42 Å². The number of carbonyl (C=O) groups is 1. The van der Waals surface area contributed by atoms with Gasteiger partial charge in [-0.1, -0.05) is 41.4 Å². The Morgan fingerprint density at radius 1 is 1.11 bits per heavy atom. The quantitative estimate of drug-likeness (QED) is 0.805. The average molecular weight is 427 g/mol. The number of amides is 1. The third-order valence-electron chi connectivity index (χ3n) is 4.69. The Labute approximate surface area is 169 Å². The predicted molar refractivity (Wildman–Crippen MR) is 107 cm³/mol. The zero-order chi connectivity index (χ0) is 19.6. The number of hydrogen-bond donors (Lipinski definition) is 1. The highest BCUT2D eigenvalue weighted by molar-refractivity contribution is 7.89. The third kappa shape index (κ3) is 4.46. The van der Waals surface area contributed by atoms with E-state index in [0.717, 1.165) is 5.56 Å². The number of hydrogen-bond acceptors (Lipinski definition) is 3. The van der Waals surface area contributed by atoms with Crippen molar-refractivity contribution in [2.45, 2.75) is 30.7 Å². The molecule has 5 nitrogen and oxygen atoms in total. The Balaban J connectivity index is 1.66. The van der Waals surface area contributed by atoms with E-state index in [1.807, 2.05) is 25.1 Å². The van der Waals surface area contributed by atoms with Gasteiger partial charge >= 0.3 is 0 Å². The first-order valence-corrected chi connectivity index (χ1v) is 10.8. The van der Waals surface area contributed by atoms with Crippen molar-refractivity contribution in [1.29, 1.82) is 0 Å². The van der Waals surface area contributed by atoms with E-state index in [-0.39, 0.29) is 21.9 Å². The van der Waals surface area contributed by atoms with E-state index in [4.69, 9.17) is 23.2 Å². The summed E-state index contributed by atoms with van der Waals surface area (Å²) >= 11 is 12.0. The van der Waals surface area contributed by atoms with Crippen LogP contribution in [0, 0.1) is 6.92 Å². The number of nitrogens with zero attached hydrogens (tertiary/aromatic N) is 1. The molecule has 8 heteroatoms. The molecule has 0 unspecified atom stereocenters. The minimum Gasteiger partial charge on any atom is -0.349 e. The van der Waals surface area contributed by atoms with Gasteiger partial charge in [0, 0.05) is 29.7 Å². The molecule has 1 fully saturated rings. The fourth-order valence-corrected chi connectivity index (χ4v) is 5.35. The lowest BCUT2D eigenvalue weighted by Crippen LogP contribution is -2.46. The van der Waals surface area contributed by atoms with Gasteiger partial charge in [0.25, 0.3) is 5.91 Å². The molecule has 1 saturated heterocycles. The van der Waals surface area contributed by atoms with Gasteiger partial charge in [0.1, 0.15) is 4.90 Å². The number of carbonyl (C=O) groups excluding carboxylic acids is 1. The van der Waals surface area contributed by atoms with Crippen molar-refractivity contribution < 1.29 is 13.2 Å². The zero-order valence-corrected chi connectivity index (χ0v) is 17.1. The highest BCUT2D eigenvalue weighted by Gasteiger charge is 2.31. The normalized spacial score (nSPS) is 16.3. The molecule has 0 saturated carbocycles. The minimum absolute atomic E-state index is 0.0130. The second-order valence-corrected chi connectivity index (χ2v) is 9.29. The summed E-state index contributed by atoms with van der Waals surface area (Å²) in [5.74, 6) is -0.132. The summed E-state index contributed by atoms with van der Waals surface area (Å²) in [7, 11) is -3.72. The van der Waals surface area contributed by atoms with Crippen molar-refractivity contribution in [3.05, 3.63) is 63.6 Å². The highest BCUT2D eigenvalue weighted by atomic mass is 35.5. The van der Waals surface area contributed by atoms with Crippen molar-refractivity contribution >= 4 is 39.1 Å². The molecule has 1 heterocycles. The molecule has 1 N–H and O–H groups in total. The van der Waals surface area contributed by atoms with Crippen LogP contribution in [0.5, 0.6) is 0 Å². The van der Waals surface area contributed by atoms with Crippen LogP contribution in [0.4, 0.5) is 0 Å². The van der Waals surface area contributed by atoms with Crippen LogP contribution in [0.25, 0.3) is 0 Å². The van der Waals surface area contributed by atoms with Crippen LogP contribution in [0.3, 0.4) is 0 Å². The summed E-state index contributed by atoms with van der Waals surface area (Å²) in [6, 6.07) is 11.7. The topological polar surface area (TPSA) is 66.5 Å². The molecule has 2 aromatic carbocycles. The maximum absolute atomic E-state index is 12.9. The molecule has 27 heavy (non-hydrogen) atoms. The highest BCUT2D eigenvalue weighted by Crippen LogP contribution is 2.29. The van der Waals surface area contributed by atoms with Gasteiger partial charge in [0.2, 0.25) is 10.0 Å². The third-order valence-corrected chi connectivity index (χ3v) is 7.31. The van der Waals surface area contributed by atoms with Gasteiger partial charge in [-0.15, -0.1) is 0 Å². The van der Waals surface area contributed by atoms with E-state index in [2.05, 4.69) is 5.32 Å². The Bertz CT molecular complexity index is 955. The van der Waals surface area contributed by atoms with Crippen LogP contribution in [-0.4, -0.2) is 37.8 Å². The van der Waals surface area contributed by atoms with Crippen molar-refractivity contribution in [2.24, 2.45) is 0 Å². The first-order valence-electron chi connectivity index (χ1n) is 8.61. The molecule has 0 atom stereocenters. The molecule has 1 aliphatic rings. The van der Waals surface area contributed by atoms with Crippen LogP contribution in [-0.2, 0) is 10.0 Å². The number of aryl methyl sites for hydroxylation is 1. The lowest BCUT2D eigenvalue weighted by molar-refractivity contribution is 0.0923. The standard InChI is InChI=1S/C19H20Cl2N2O3S/c1-13-4-2-3-5-16(13)19(24)22-15-8-10-23(11-9-15)27(25,26)18-12-14(20)6-7-17(18)21/h2-7,12,15H,8-11H2,1H3,(H,22,24). The van der Waals surface area contributed by atoms with Gasteiger partial charge in [-0.3, -0.25) is 4.79 Å². The molecule has 0 spiro atoms. The Morgan fingerprint density at radius 2 is 1.78 bits per heavy atom. The van der Waals surface area contributed by atoms with Gasteiger partial charge in [-0.05, 0) is 49.6 Å². The van der Waals surface area contributed by atoms with E-state index in [1.54, 1.807) is 12.1 Å². The van der Waals surface area contributed by atoms with E-state index in [1.165, 1.54) is 16.4 Å². The van der Waals surface area contributed by atoms with Crippen LogP contribution >= 0.6 is 23.2 Å². The minimum atomic E-state index is -3.72. The lowest BCUT2D eigenvalue weighted by Gasteiger charge is -2.32. The van der Waals surface area contributed by atoms with E-state index < -0.39 is 10.0 Å². The molecule has 0 aliphatic carbocycles. The summed E-state index contributed by atoms with van der Waals surface area (Å²) in [4.78, 5) is 12.5. The molecule has 2 aromatic rings. The number of nitrogens with one attached hydrogen (secondary N) is 1. The van der Waals surface area contributed by atoms with Crippen molar-refractivity contribution in [3.63, 3.8) is 0 Å². The van der Waals surface area contributed by atoms with Gasteiger partial charge in [-0.2, -0.15) is 4.31 Å². The summed E-state index contributed by atoms with van der Waals surface area (Å²) in [5, 5.41) is 3.47. The molecule has 3 rings (SSSR count). The molecule has 0 aromatic heterocycles. The van der Waals surface area contributed by atoms with Crippen molar-refractivity contribution in [2.75, 3.05) is 13.1 Å². The van der Waals surface area contributed by atoms with Gasteiger partial charge in [0.15, 0.2) is 0 Å². The molecule has 1 aliphatic heterocycles. The number of piperidine rings is 1. The molecular weight excluding hydrogens is 407 g/mol. The fourth-order valence-electron chi connectivity index (χ4n) is 3.15. The largest absolute Gasteiger partial charge is 0.349 e. The summed E-state index contributed by atoms with van der Waals surface area (Å²) in [6.45, 7) is 2.51. The Hall–Kier alpha value is -1.60. The maximum atomic E-state index is 12.9. The smallest absolute Gasteiger partial charge is 0.251 e. The second kappa shape index (κ2) is 8.19. The Kier molecular flexibility index (Phi) is 6.11. The molecule has 144 valence electrons. The van der Waals surface area contributed by atoms with Gasteiger partial charge in [0.05, 0.1) is 5.02 Å². The molecule has 1 amide bonds. The monoisotopic (exact) mass is 426 g/mol.